The molecule has 0 radical (unpaired) electrons. The number of methoxy groups -OCH3 is 1. The molecule has 0 saturated carbocycles. The van der Waals surface area contributed by atoms with Crippen molar-refractivity contribution in [2.24, 2.45) is 0 Å². The Balaban J connectivity index is 2.22. The predicted molar refractivity (Wildman–Crippen MR) is 81.9 cm³/mol. The number of carboxylic acids is 1. The van der Waals surface area contributed by atoms with E-state index in [1.807, 2.05) is 5.32 Å². The summed E-state index contributed by atoms with van der Waals surface area (Å²) in [6, 6.07) is 5.72. The van der Waals surface area contributed by atoms with Crippen molar-refractivity contribution >= 4 is 11.9 Å². The Morgan fingerprint density at radius 1 is 1.16 bits per heavy atom. The van der Waals surface area contributed by atoms with Gasteiger partial charge in [-0.2, -0.15) is 0 Å². The molecule has 1 amide bonds. The van der Waals surface area contributed by atoms with E-state index in [0.717, 1.165) is 0 Å². The highest BCUT2D eigenvalue weighted by Crippen LogP contribution is 2.17. The third kappa shape index (κ3) is 4.50. The highest BCUT2D eigenvalue weighted by atomic mass is 19.1. The van der Waals surface area contributed by atoms with Gasteiger partial charge in [0.05, 0.1) is 7.11 Å². The van der Waals surface area contributed by atoms with Crippen molar-refractivity contribution < 1.29 is 32.6 Å². The molecule has 8 heteroatoms. The maximum atomic E-state index is 13.6. The Morgan fingerprint density at radius 3 is 2.36 bits per heavy atom. The predicted octanol–water partition coefficient (Wildman–Crippen LogP) is 2.54. The molecule has 25 heavy (non-hydrogen) atoms. The second-order valence-electron chi connectivity index (χ2n) is 5.16. The van der Waals surface area contributed by atoms with E-state index in [1.54, 1.807) is 24.3 Å². The molecule has 0 aliphatic heterocycles. The Hall–Kier alpha value is -3.03. The molecule has 1 atom stereocenters. The quantitative estimate of drug-likeness (QED) is 0.837. The molecule has 0 heterocycles. The number of rotatable bonds is 6. The Kier molecular flexibility index (Phi) is 5.63. The zero-order chi connectivity index (χ0) is 18.6. The third-order valence-corrected chi connectivity index (χ3v) is 3.41. The van der Waals surface area contributed by atoms with Crippen molar-refractivity contribution in [2.45, 2.75) is 12.5 Å². The summed E-state index contributed by atoms with van der Waals surface area (Å²) < 4.78 is 45.2. The van der Waals surface area contributed by atoms with Crippen LogP contribution in [0, 0.1) is 17.5 Å². The van der Waals surface area contributed by atoms with Crippen molar-refractivity contribution in [3.63, 3.8) is 0 Å². The molecular formula is C17H14F3NO4. The lowest BCUT2D eigenvalue weighted by molar-refractivity contribution is -0.139. The Labute approximate surface area is 141 Å². The lowest BCUT2D eigenvalue weighted by atomic mass is 10.0. The van der Waals surface area contributed by atoms with Crippen LogP contribution in [0.25, 0.3) is 0 Å². The minimum Gasteiger partial charge on any atom is -0.497 e. The zero-order valence-corrected chi connectivity index (χ0v) is 13.1. The van der Waals surface area contributed by atoms with Gasteiger partial charge in [-0.1, -0.05) is 12.1 Å². The molecule has 5 nitrogen and oxygen atoms in total. The lowest BCUT2D eigenvalue weighted by Crippen LogP contribution is -2.43. The maximum absolute atomic E-state index is 13.6. The first-order valence-electron chi connectivity index (χ1n) is 7.13. The fourth-order valence-corrected chi connectivity index (χ4v) is 2.22. The van der Waals surface area contributed by atoms with E-state index in [9.17, 15) is 27.9 Å². The number of halogens is 3. The number of benzene rings is 2. The first-order valence-corrected chi connectivity index (χ1v) is 7.13. The highest BCUT2D eigenvalue weighted by Gasteiger charge is 2.25. The summed E-state index contributed by atoms with van der Waals surface area (Å²) in [5, 5.41) is 11.3. The number of hydrogen-bond acceptors (Lipinski definition) is 3. The van der Waals surface area contributed by atoms with Crippen LogP contribution in [0.2, 0.25) is 0 Å². The summed E-state index contributed by atoms with van der Waals surface area (Å²) in [6.07, 6.45) is -0.136. The average Bonchev–Trinajstić information content (AvgIpc) is 2.53. The summed E-state index contributed by atoms with van der Waals surface area (Å²) in [5.74, 6) is -6.20. The first kappa shape index (κ1) is 18.3. The molecule has 0 aromatic heterocycles. The second-order valence-corrected chi connectivity index (χ2v) is 5.16. The van der Waals surface area contributed by atoms with Crippen LogP contribution in [0.5, 0.6) is 5.75 Å². The highest BCUT2D eigenvalue weighted by molar-refractivity contribution is 5.97. The average molecular weight is 353 g/mol. The Bertz CT molecular complexity index is 787. The molecule has 0 aliphatic rings. The van der Waals surface area contributed by atoms with Gasteiger partial charge < -0.3 is 15.2 Å². The minimum absolute atomic E-state index is 0.136. The first-order chi connectivity index (χ1) is 11.8. The van der Waals surface area contributed by atoms with Gasteiger partial charge >= 0.3 is 5.97 Å². The van der Waals surface area contributed by atoms with Gasteiger partial charge in [-0.15, -0.1) is 0 Å². The monoisotopic (exact) mass is 353 g/mol. The molecule has 0 spiro atoms. The van der Waals surface area contributed by atoms with Crippen molar-refractivity contribution in [2.75, 3.05) is 7.11 Å². The normalized spacial score (nSPS) is 11.7. The van der Waals surface area contributed by atoms with Crippen LogP contribution in [0.3, 0.4) is 0 Å². The van der Waals surface area contributed by atoms with Crippen LogP contribution in [0.1, 0.15) is 15.9 Å². The van der Waals surface area contributed by atoms with Gasteiger partial charge in [0, 0.05) is 18.6 Å². The third-order valence-electron chi connectivity index (χ3n) is 3.41. The van der Waals surface area contributed by atoms with Gasteiger partial charge in [-0.3, -0.25) is 4.79 Å². The molecule has 0 unspecified atom stereocenters. The van der Waals surface area contributed by atoms with Crippen molar-refractivity contribution in [1.82, 2.24) is 5.32 Å². The number of ether oxygens (including phenoxy) is 1. The van der Waals surface area contributed by atoms with Gasteiger partial charge in [0.15, 0.2) is 0 Å². The Morgan fingerprint density at radius 2 is 1.80 bits per heavy atom. The summed E-state index contributed by atoms with van der Waals surface area (Å²) in [4.78, 5) is 23.4. The van der Waals surface area contributed by atoms with E-state index in [1.165, 1.54) is 7.11 Å². The maximum Gasteiger partial charge on any atom is 0.326 e. The van der Waals surface area contributed by atoms with Gasteiger partial charge in [0.25, 0.3) is 5.91 Å². The van der Waals surface area contributed by atoms with Crippen LogP contribution in [0.4, 0.5) is 13.2 Å². The number of nitrogens with one attached hydrogen (secondary N) is 1. The van der Waals surface area contributed by atoms with Crippen molar-refractivity contribution in [3.8, 4) is 5.75 Å². The van der Waals surface area contributed by atoms with E-state index in [2.05, 4.69) is 0 Å². The molecule has 2 aromatic carbocycles. The SMILES string of the molecule is COc1cccc(C[C@H](NC(=O)c2c(F)cc(F)cc2F)C(=O)O)c1. The number of carbonyl (C=O) groups excluding carboxylic acids is 1. The summed E-state index contributed by atoms with van der Waals surface area (Å²) in [5.41, 5.74) is -0.509. The van der Waals surface area contributed by atoms with Gasteiger partial charge in [-0.25, -0.2) is 18.0 Å². The molecule has 0 aliphatic carbocycles. The van der Waals surface area contributed by atoms with E-state index >= 15 is 0 Å². The van der Waals surface area contributed by atoms with Crippen LogP contribution >= 0.6 is 0 Å². The molecule has 0 saturated heterocycles. The van der Waals surface area contributed by atoms with Crippen LogP contribution in [-0.4, -0.2) is 30.1 Å². The molecule has 2 N–H and O–H groups in total. The van der Waals surface area contributed by atoms with E-state index in [-0.39, 0.29) is 6.42 Å². The number of hydrogen-bond donors (Lipinski definition) is 2. The number of carbonyl (C=O) groups is 2. The molecule has 2 rings (SSSR count). The van der Waals surface area contributed by atoms with Crippen LogP contribution < -0.4 is 10.1 Å². The lowest BCUT2D eigenvalue weighted by Gasteiger charge is -2.15. The van der Waals surface area contributed by atoms with Crippen LogP contribution in [-0.2, 0) is 11.2 Å². The second kappa shape index (κ2) is 7.69. The zero-order valence-electron chi connectivity index (χ0n) is 13.1. The van der Waals surface area contributed by atoms with Gasteiger partial charge in [0.2, 0.25) is 0 Å². The van der Waals surface area contributed by atoms with Gasteiger partial charge in [0.1, 0.15) is 34.8 Å². The number of carboxylic acid groups (broad SMARTS) is 1. The fraction of sp³-hybridized carbons (Fsp3) is 0.176. The summed E-state index contributed by atoms with van der Waals surface area (Å²) in [6.45, 7) is 0. The van der Waals surface area contributed by atoms with Crippen molar-refractivity contribution in [1.29, 1.82) is 0 Å². The molecule has 132 valence electrons. The molecule has 2 aromatic rings. The van der Waals surface area contributed by atoms with Crippen LogP contribution in [0.15, 0.2) is 36.4 Å². The van der Waals surface area contributed by atoms with Gasteiger partial charge in [-0.05, 0) is 17.7 Å². The smallest absolute Gasteiger partial charge is 0.326 e. The summed E-state index contributed by atoms with van der Waals surface area (Å²) in [7, 11) is 1.44. The largest absolute Gasteiger partial charge is 0.497 e. The molecular weight excluding hydrogens is 339 g/mol. The van der Waals surface area contributed by atoms with E-state index in [0.29, 0.717) is 23.4 Å². The number of aliphatic carboxylic acids is 1. The molecule has 0 fully saturated rings. The minimum atomic E-state index is -1.44. The van der Waals surface area contributed by atoms with Crippen molar-refractivity contribution in [3.05, 3.63) is 65.0 Å². The summed E-state index contributed by atoms with van der Waals surface area (Å²) >= 11 is 0. The molecule has 0 bridgehead atoms. The van der Waals surface area contributed by atoms with E-state index in [4.69, 9.17) is 4.74 Å². The standard InChI is InChI=1S/C17H14F3NO4/c1-25-11-4-2-3-9(5-11)6-14(17(23)24)21-16(22)15-12(19)7-10(18)8-13(15)20/h2-5,7-8,14H,6H2,1H3,(H,21,22)(H,23,24)/t14-/m0/s1. The fourth-order valence-electron chi connectivity index (χ4n) is 2.22. The topological polar surface area (TPSA) is 75.6 Å². The van der Waals surface area contributed by atoms with E-state index < -0.39 is 40.9 Å². The number of amides is 1.